The van der Waals surface area contributed by atoms with E-state index in [1.807, 2.05) is 30.6 Å². The monoisotopic (exact) mass is 286 g/mol. The molecule has 0 saturated heterocycles. The van der Waals surface area contributed by atoms with E-state index >= 15 is 0 Å². The second-order valence-corrected chi connectivity index (χ2v) is 4.95. The van der Waals surface area contributed by atoms with Crippen molar-refractivity contribution in [3.05, 3.63) is 58.8 Å². The van der Waals surface area contributed by atoms with Crippen LogP contribution in [0.5, 0.6) is 0 Å². The normalized spacial score (nSPS) is 10.9. The topological polar surface area (TPSA) is 17.3 Å². The third kappa shape index (κ3) is 1.76. The van der Waals surface area contributed by atoms with Gasteiger partial charge in [-0.1, -0.05) is 34.1 Å². The molecule has 2 heterocycles. The number of aryl methyl sites for hydroxylation is 1. The van der Waals surface area contributed by atoms with Crippen LogP contribution in [-0.2, 0) is 0 Å². The van der Waals surface area contributed by atoms with E-state index in [1.165, 1.54) is 11.1 Å². The highest BCUT2D eigenvalue weighted by Crippen LogP contribution is 2.23. The van der Waals surface area contributed by atoms with Crippen molar-refractivity contribution in [2.75, 3.05) is 0 Å². The first-order valence-electron chi connectivity index (χ1n) is 5.44. The number of halogens is 1. The molecule has 0 atom stereocenters. The molecule has 0 N–H and O–H groups in total. The van der Waals surface area contributed by atoms with Gasteiger partial charge in [-0.2, -0.15) is 0 Å². The third-order valence-corrected chi connectivity index (χ3v) is 3.40. The summed E-state index contributed by atoms with van der Waals surface area (Å²) in [7, 11) is 0. The van der Waals surface area contributed by atoms with Gasteiger partial charge in [0.05, 0.1) is 11.9 Å². The molecule has 0 spiro atoms. The summed E-state index contributed by atoms with van der Waals surface area (Å²) in [5, 5.41) is 0. The Hall–Kier alpha value is -1.61. The fourth-order valence-corrected chi connectivity index (χ4v) is 2.25. The molecule has 0 aliphatic rings. The Kier molecular flexibility index (Phi) is 2.48. The molecule has 2 nitrogen and oxygen atoms in total. The van der Waals surface area contributed by atoms with E-state index in [-0.39, 0.29) is 0 Å². The molecule has 17 heavy (non-hydrogen) atoms. The van der Waals surface area contributed by atoms with Crippen LogP contribution in [0.25, 0.3) is 16.9 Å². The molecule has 0 fully saturated rings. The summed E-state index contributed by atoms with van der Waals surface area (Å²) in [6, 6.07) is 12.4. The van der Waals surface area contributed by atoms with Crippen LogP contribution >= 0.6 is 15.9 Å². The standard InChI is InChI=1S/C14H11BrN2/c1-10-3-2-8-17-13(9-16-14(10)17)11-4-6-12(15)7-5-11/h2-9H,1H3. The largest absolute Gasteiger partial charge is 0.299 e. The van der Waals surface area contributed by atoms with Crippen LogP contribution in [0.3, 0.4) is 0 Å². The molecule has 3 aromatic rings. The molecule has 0 aliphatic carbocycles. The van der Waals surface area contributed by atoms with Crippen LogP contribution < -0.4 is 0 Å². The maximum atomic E-state index is 4.47. The van der Waals surface area contributed by atoms with Crippen molar-refractivity contribution >= 4 is 21.6 Å². The van der Waals surface area contributed by atoms with E-state index in [2.05, 4.69) is 50.4 Å². The Labute approximate surface area is 108 Å². The first-order chi connectivity index (χ1) is 8.25. The first kappa shape index (κ1) is 10.5. The van der Waals surface area contributed by atoms with Crippen molar-refractivity contribution in [3.8, 4) is 11.3 Å². The SMILES string of the molecule is Cc1cccn2c(-c3ccc(Br)cc3)cnc12. The molecule has 0 unspecified atom stereocenters. The molecule has 2 aromatic heterocycles. The van der Waals surface area contributed by atoms with Gasteiger partial charge in [-0.15, -0.1) is 0 Å². The zero-order valence-electron chi connectivity index (χ0n) is 9.39. The van der Waals surface area contributed by atoms with Gasteiger partial charge in [0.2, 0.25) is 0 Å². The van der Waals surface area contributed by atoms with Crippen molar-refractivity contribution in [1.82, 2.24) is 9.38 Å². The summed E-state index contributed by atoms with van der Waals surface area (Å²) < 4.78 is 3.21. The van der Waals surface area contributed by atoms with Crippen molar-refractivity contribution < 1.29 is 0 Å². The number of imidazole rings is 1. The molecule has 3 rings (SSSR count). The maximum Gasteiger partial charge on any atom is 0.140 e. The number of fused-ring (bicyclic) bond motifs is 1. The zero-order valence-corrected chi connectivity index (χ0v) is 11.0. The van der Waals surface area contributed by atoms with Gasteiger partial charge >= 0.3 is 0 Å². The van der Waals surface area contributed by atoms with E-state index < -0.39 is 0 Å². The number of aromatic nitrogens is 2. The van der Waals surface area contributed by atoms with Crippen molar-refractivity contribution in [2.24, 2.45) is 0 Å². The summed E-state index contributed by atoms with van der Waals surface area (Å²) >= 11 is 3.45. The highest BCUT2D eigenvalue weighted by Gasteiger charge is 2.06. The molecule has 0 bridgehead atoms. The average molecular weight is 287 g/mol. The minimum absolute atomic E-state index is 1.02. The summed E-state index contributed by atoms with van der Waals surface area (Å²) in [5.41, 5.74) is 4.50. The molecule has 0 saturated carbocycles. The highest BCUT2D eigenvalue weighted by molar-refractivity contribution is 9.10. The number of benzene rings is 1. The number of hydrogen-bond acceptors (Lipinski definition) is 1. The zero-order chi connectivity index (χ0) is 11.8. The van der Waals surface area contributed by atoms with Gasteiger partial charge in [0.1, 0.15) is 5.65 Å². The maximum absolute atomic E-state index is 4.47. The lowest BCUT2D eigenvalue weighted by Gasteiger charge is -2.03. The lowest BCUT2D eigenvalue weighted by Crippen LogP contribution is -1.89. The van der Waals surface area contributed by atoms with E-state index in [0.717, 1.165) is 15.8 Å². The summed E-state index contributed by atoms with van der Waals surface area (Å²) in [4.78, 5) is 4.47. The summed E-state index contributed by atoms with van der Waals surface area (Å²) in [6.07, 6.45) is 3.97. The number of rotatable bonds is 1. The predicted molar refractivity (Wildman–Crippen MR) is 73.1 cm³/mol. The first-order valence-corrected chi connectivity index (χ1v) is 6.23. The van der Waals surface area contributed by atoms with Gasteiger partial charge in [0.25, 0.3) is 0 Å². The van der Waals surface area contributed by atoms with E-state index in [4.69, 9.17) is 0 Å². The molecule has 0 aliphatic heterocycles. The molecule has 3 heteroatoms. The summed E-state index contributed by atoms with van der Waals surface area (Å²) in [6.45, 7) is 2.08. The van der Waals surface area contributed by atoms with Crippen LogP contribution in [0.15, 0.2) is 53.3 Å². The molecule has 84 valence electrons. The molecule has 0 radical (unpaired) electrons. The van der Waals surface area contributed by atoms with Gasteiger partial charge in [0.15, 0.2) is 0 Å². The second kappa shape index (κ2) is 4.00. The Bertz CT molecular complexity index is 668. The van der Waals surface area contributed by atoms with Gasteiger partial charge in [0, 0.05) is 16.2 Å². The molecular weight excluding hydrogens is 276 g/mol. The van der Waals surface area contributed by atoms with E-state index in [9.17, 15) is 0 Å². The van der Waals surface area contributed by atoms with Crippen LogP contribution in [0.1, 0.15) is 5.56 Å². The van der Waals surface area contributed by atoms with Gasteiger partial charge < -0.3 is 0 Å². The van der Waals surface area contributed by atoms with E-state index in [0.29, 0.717) is 0 Å². The quantitative estimate of drug-likeness (QED) is 0.659. The number of pyridine rings is 1. The fourth-order valence-electron chi connectivity index (χ4n) is 1.99. The minimum Gasteiger partial charge on any atom is -0.299 e. The number of hydrogen-bond donors (Lipinski definition) is 0. The molecular formula is C14H11BrN2. The smallest absolute Gasteiger partial charge is 0.140 e. The Morgan fingerprint density at radius 2 is 1.88 bits per heavy atom. The Morgan fingerprint density at radius 1 is 1.12 bits per heavy atom. The van der Waals surface area contributed by atoms with E-state index in [1.54, 1.807) is 0 Å². The third-order valence-electron chi connectivity index (χ3n) is 2.87. The summed E-state index contributed by atoms with van der Waals surface area (Å²) in [5.74, 6) is 0. The fraction of sp³-hybridized carbons (Fsp3) is 0.0714. The number of nitrogens with zero attached hydrogens (tertiary/aromatic N) is 2. The Morgan fingerprint density at radius 3 is 2.65 bits per heavy atom. The van der Waals surface area contributed by atoms with Gasteiger partial charge in [-0.25, -0.2) is 4.98 Å². The van der Waals surface area contributed by atoms with Crippen LogP contribution in [0.4, 0.5) is 0 Å². The van der Waals surface area contributed by atoms with Crippen molar-refractivity contribution in [2.45, 2.75) is 6.92 Å². The van der Waals surface area contributed by atoms with Crippen LogP contribution in [0.2, 0.25) is 0 Å². The lowest BCUT2D eigenvalue weighted by atomic mass is 10.2. The Balaban J connectivity index is 2.24. The van der Waals surface area contributed by atoms with Crippen molar-refractivity contribution in [1.29, 1.82) is 0 Å². The van der Waals surface area contributed by atoms with Crippen molar-refractivity contribution in [3.63, 3.8) is 0 Å². The highest BCUT2D eigenvalue weighted by atomic mass is 79.9. The minimum atomic E-state index is 1.02. The van der Waals surface area contributed by atoms with Crippen LogP contribution in [-0.4, -0.2) is 9.38 Å². The second-order valence-electron chi connectivity index (χ2n) is 4.04. The van der Waals surface area contributed by atoms with Gasteiger partial charge in [-0.3, -0.25) is 4.40 Å². The lowest BCUT2D eigenvalue weighted by molar-refractivity contribution is 1.17. The molecule has 1 aromatic carbocycles. The predicted octanol–water partition coefficient (Wildman–Crippen LogP) is 4.07. The van der Waals surface area contributed by atoms with Crippen LogP contribution in [0, 0.1) is 6.92 Å². The average Bonchev–Trinajstić information content (AvgIpc) is 2.75. The molecule has 0 amide bonds. The van der Waals surface area contributed by atoms with Gasteiger partial charge in [-0.05, 0) is 30.7 Å².